The molecule has 0 saturated carbocycles. The maximum Gasteiger partial charge on any atom is 0.189 e. The Balaban J connectivity index is 1.91. The van der Waals surface area contributed by atoms with Crippen LogP contribution in [0.4, 0.5) is 0 Å². The average molecular weight is 342 g/mol. The van der Waals surface area contributed by atoms with E-state index in [0.717, 1.165) is 12.1 Å². The summed E-state index contributed by atoms with van der Waals surface area (Å²) in [5.41, 5.74) is 2.71. The van der Waals surface area contributed by atoms with Crippen LogP contribution in [0.2, 0.25) is 5.02 Å². The van der Waals surface area contributed by atoms with Gasteiger partial charge in [-0.2, -0.15) is 0 Å². The summed E-state index contributed by atoms with van der Waals surface area (Å²) in [6.45, 7) is 2.78. The van der Waals surface area contributed by atoms with E-state index in [1.54, 1.807) is 30.5 Å². The molecule has 5 heteroatoms. The molecule has 0 radical (unpaired) electrons. The molecule has 1 aromatic carbocycles. The van der Waals surface area contributed by atoms with Crippen LogP contribution in [-0.2, 0) is 6.54 Å². The lowest BCUT2D eigenvalue weighted by Crippen LogP contribution is -2.25. The Hall–Kier alpha value is -2.17. The summed E-state index contributed by atoms with van der Waals surface area (Å²) in [5, 5.41) is 1.18. The molecule has 0 aliphatic heterocycles. The van der Waals surface area contributed by atoms with Crippen molar-refractivity contribution < 1.29 is 0 Å². The van der Waals surface area contributed by atoms with E-state index in [4.69, 9.17) is 11.6 Å². The minimum Gasteiger partial charge on any atom is -0.356 e. The average Bonchev–Trinajstić information content (AvgIpc) is 2.57. The van der Waals surface area contributed by atoms with Crippen LogP contribution in [0.3, 0.4) is 0 Å². The van der Waals surface area contributed by atoms with Crippen LogP contribution >= 0.6 is 11.6 Å². The molecular weight excluding hydrogens is 322 g/mol. The highest BCUT2D eigenvalue weighted by atomic mass is 35.5. The van der Waals surface area contributed by atoms with Crippen molar-refractivity contribution in [2.45, 2.75) is 25.9 Å². The molecule has 24 heavy (non-hydrogen) atoms. The molecule has 2 heterocycles. The van der Waals surface area contributed by atoms with Crippen LogP contribution in [0.25, 0.3) is 10.9 Å². The van der Waals surface area contributed by atoms with Gasteiger partial charge in [0.2, 0.25) is 0 Å². The number of hydrogen-bond donors (Lipinski definition) is 1. The van der Waals surface area contributed by atoms with Crippen LogP contribution in [0.15, 0.2) is 53.6 Å². The second-order valence-corrected chi connectivity index (χ2v) is 6.35. The molecule has 3 aromatic rings. The number of H-pyrrole nitrogens is 1. The first-order valence-electron chi connectivity index (χ1n) is 8.00. The molecule has 3 rings (SSSR count). The van der Waals surface area contributed by atoms with E-state index in [-0.39, 0.29) is 11.5 Å². The van der Waals surface area contributed by atoms with E-state index < -0.39 is 0 Å². The highest BCUT2D eigenvalue weighted by Gasteiger charge is 2.16. The maximum absolute atomic E-state index is 12.3. The van der Waals surface area contributed by atoms with Crippen molar-refractivity contribution in [2.75, 3.05) is 7.05 Å². The van der Waals surface area contributed by atoms with Gasteiger partial charge in [0.1, 0.15) is 0 Å². The van der Waals surface area contributed by atoms with Crippen molar-refractivity contribution in [1.29, 1.82) is 0 Å². The molecule has 124 valence electrons. The first kappa shape index (κ1) is 16.7. The van der Waals surface area contributed by atoms with Gasteiger partial charge < -0.3 is 4.98 Å². The van der Waals surface area contributed by atoms with Crippen molar-refractivity contribution in [2.24, 2.45) is 0 Å². The SMILES string of the molecule is CC[C@@H](c1cccnc1)N(C)Cc1cc(=O)c2cccc(Cl)c2[nH]1. The lowest BCUT2D eigenvalue weighted by atomic mass is 10.1. The number of benzene rings is 1. The Kier molecular flexibility index (Phi) is 4.97. The number of pyridine rings is 2. The molecular formula is C19H20ClN3O. The lowest BCUT2D eigenvalue weighted by Gasteiger charge is -2.27. The van der Waals surface area contributed by atoms with Crippen LogP contribution in [0.1, 0.15) is 30.6 Å². The summed E-state index contributed by atoms with van der Waals surface area (Å²) >= 11 is 6.23. The summed E-state index contributed by atoms with van der Waals surface area (Å²) in [4.78, 5) is 22.1. The van der Waals surface area contributed by atoms with Gasteiger partial charge in [0, 0.05) is 42.1 Å². The minimum atomic E-state index is -0.0101. The van der Waals surface area contributed by atoms with Crippen molar-refractivity contribution >= 4 is 22.5 Å². The monoisotopic (exact) mass is 341 g/mol. The second kappa shape index (κ2) is 7.16. The Morgan fingerprint density at radius 2 is 2.12 bits per heavy atom. The van der Waals surface area contributed by atoms with Gasteiger partial charge in [-0.15, -0.1) is 0 Å². The fourth-order valence-electron chi connectivity index (χ4n) is 3.13. The fourth-order valence-corrected chi connectivity index (χ4v) is 3.35. The van der Waals surface area contributed by atoms with Gasteiger partial charge in [0.05, 0.1) is 10.5 Å². The van der Waals surface area contributed by atoms with Crippen LogP contribution in [-0.4, -0.2) is 21.9 Å². The smallest absolute Gasteiger partial charge is 0.189 e. The summed E-state index contributed by atoms with van der Waals surface area (Å²) < 4.78 is 0. The summed E-state index contributed by atoms with van der Waals surface area (Å²) in [7, 11) is 2.05. The van der Waals surface area contributed by atoms with Crippen molar-refractivity contribution in [3.05, 3.63) is 75.3 Å². The summed E-state index contributed by atoms with van der Waals surface area (Å²) in [6, 6.07) is 11.3. The fraction of sp³-hybridized carbons (Fsp3) is 0.263. The van der Waals surface area contributed by atoms with Crippen molar-refractivity contribution in [3.8, 4) is 0 Å². The molecule has 0 saturated heterocycles. The third-order valence-corrected chi connectivity index (χ3v) is 4.59. The van der Waals surface area contributed by atoms with Gasteiger partial charge in [-0.3, -0.25) is 14.7 Å². The highest BCUT2D eigenvalue weighted by Crippen LogP contribution is 2.24. The van der Waals surface area contributed by atoms with E-state index in [9.17, 15) is 4.79 Å². The molecule has 1 atom stereocenters. The predicted molar refractivity (Wildman–Crippen MR) is 98.3 cm³/mol. The third kappa shape index (κ3) is 3.35. The molecule has 0 amide bonds. The highest BCUT2D eigenvalue weighted by molar-refractivity contribution is 6.35. The first-order valence-corrected chi connectivity index (χ1v) is 8.38. The van der Waals surface area contributed by atoms with E-state index in [1.807, 2.05) is 12.3 Å². The molecule has 0 aliphatic carbocycles. The van der Waals surface area contributed by atoms with Gasteiger partial charge in [0.25, 0.3) is 0 Å². The zero-order valence-electron chi connectivity index (χ0n) is 13.8. The van der Waals surface area contributed by atoms with Gasteiger partial charge in [0.15, 0.2) is 5.43 Å². The van der Waals surface area contributed by atoms with Gasteiger partial charge in [-0.25, -0.2) is 0 Å². The number of aromatic nitrogens is 2. The third-order valence-electron chi connectivity index (χ3n) is 4.28. The lowest BCUT2D eigenvalue weighted by molar-refractivity contribution is 0.227. The number of rotatable bonds is 5. The minimum absolute atomic E-state index is 0.0101. The second-order valence-electron chi connectivity index (χ2n) is 5.95. The quantitative estimate of drug-likeness (QED) is 0.758. The van der Waals surface area contributed by atoms with Gasteiger partial charge in [-0.05, 0) is 37.2 Å². The van der Waals surface area contributed by atoms with E-state index in [2.05, 4.69) is 34.9 Å². The Labute approximate surface area is 146 Å². The standard InChI is InChI=1S/C19H20ClN3O/c1-3-17(13-6-5-9-21-11-13)23(2)12-14-10-18(24)15-7-4-8-16(20)19(15)22-14/h4-11,17H,3,12H2,1-2H3,(H,22,24)/t17-/m0/s1. The Morgan fingerprint density at radius 3 is 2.83 bits per heavy atom. The zero-order valence-corrected chi connectivity index (χ0v) is 14.5. The number of hydrogen-bond acceptors (Lipinski definition) is 3. The largest absolute Gasteiger partial charge is 0.356 e. The first-order chi connectivity index (χ1) is 11.6. The van der Waals surface area contributed by atoms with E-state index >= 15 is 0 Å². The number of nitrogens with zero attached hydrogens (tertiary/aromatic N) is 2. The molecule has 1 N–H and O–H groups in total. The number of fused-ring (bicyclic) bond motifs is 1. The number of halogens is 1. The maximum atomic E-state index is 12.3. The molecule has 2 aromatic heterocycles. The number of para-hydroxylation sites is 1. The Bertz CT molecular complexity index is 892. The van der Waals surface area contributed by atoms with E-state index in [1.165, 1.54) is 5.56 Å². The van der Waals surface area contributed by atoms with Gasteiger partial charge >= 0.3 is 0 Å². The molecule has 0 aliphatic rings. The van der Waals surface area contributed by atoms with Gasteiger partial charge in [-0.1, -0.05) is 30.7 Å². The van der Waals surface area contributed by atoms with Crippen molar-refractivity contribution in [1.82, 2.24) is 14.9 Å². The zero-order chi connectivity index (χ0) is 17.1. The summed E-state index contributed by atoms with van der Waals surface area (Å²) in [6.07, 6.45) is 4.63. The molecule has 4 nitrogen and oxygen atoms in total. The molecule has 0 fully saturated rings. The van der Waals surface area contributed by atoms with Crippen LogP contribution in [0, 0.1) is 0 Å². The Morgan fingerprint density at radius 1 is 1.29 bits per heavy atom. The number of nitrogens with one attached hydrogen (secondary N) is 1. The molecule has 0 bridgehead atoms. The normalized spacial score (nSPS) is 12.7. The summed E-state index contributed by atoms with van der Waals surface area (Å²) in [5.74, 6) is 0. The van der Waals surface area contributed by atoms with E-state index in [0.29, 0.717) is 22.5 Å². The molecule has 0 unspecified atom stereocenters. The number of aromatic amines is 1. The predicted octanol–water partition coefficient (Wildman–Crippen LogP) is 4.16. The topological polar surface area (TPSA) is 49.0 Å². The van der Waals surface area contributed by atoms with Crippen molar-refractivity contribution in [3.63, 3.8) is 0 Å². The molecule has 0 spiro atoms. The van der Waals surface area contributed by atoms with Crippen LogP contribution < -0.4 is 5.43 Å². The van der Waals surface area contributed by atoms with Crippen LogP contribution in [0.5, 0.6) is 0 Å².